The Labute approximate surface area is 162 Å². The first kappa shape index (κ1) is 18.7. The Morgan fingerprint density at radius 3 is 2.96 bits per heavy atom. The number of nitrogens with zero attached hydrogens (tertiary/aromatic N) is 3. The Balaban J connectivity index is 1.53. The van der Waals surface area contributed by atoms with Crippen LogP contribution in [0.2, 0.25) is 5.02 Å². The van der Waals surface area contributed by atoms with Gasteiger partial charge in [0.2, 0.25) is 5.13 Å². The number of hydrazone groups is 1. The number of carbonyl (C=O) groups is 1. The molecule has 0 aliphatic heterocycles. The van der Waals surface area contributed by atoms with Crippen LogP contribution in [0.4, 0.5) is 5.13 Å². The molecule has 2 aromatic heterocycles. The van der Waals surface area contributed by atoms with Crippen LogP contribution < -0.4 is 16.1 Å². The lowest BCUT2D eigenvalue weighted by Crippen LogP contribution is -2.16. The van der Waals surface area contributed by atoms with Crippen molar-refractivity contribution in [3.8, 4) is 17.1 Å². The Bertz CT molecular complexity index is 971. The number of benzene rings is 1. The summed E-state index contributed by atoms with van der Waals surface area (Å²) in [6.45, 7) is 0. The van der Waals surface area contributed by atoms with Crippen molar-refractivity contribution in [3.05, 3.63) is 46.1 Å². The van der Waals surface area contributed by atoms with Crippen molar-refractivity contribution in [1.82, 2.24) is 15.8 Å². The van der Waals surface area contributed by atoms with E-state index < -0.39 is 5.97 Å². The maximum atomic E-state index is 11.6. The number of halogens is 1. The molecule has 3 N–H and O–H groups in total. The molecule has 0 saturated heterocycles. The van der Waals surface area contributed by atoms with Gasteiger partial charge >= 0.3 is 5.97 Å². The maximum absolute atomic E-state index is 11.6. The Kier molecular flexibility index (Phi) is 5.89. The molecule has 0 atom stereocenters. The standard InChI is InChI=1S/C16H14ClN5O4S/c1-24-13-4-2-9(6-11(13)17)12-5-3-10(25-12)8-19-22-26-15(23)7-14-20-21-16(18)27-14/h2-6,8,22H,7H2,1H3,(H2,18,21). The molecule has 0 saturated carbocycles. The highest BCUT2D eigenvalue weighted by molar-refractivity contribution is 7.15. The fourth-order valence-electron chi connectivity index (χ4n) is 2.06. The van der Waals surface area contributed by atoms with Gasteiger partial charge in [-0.25, -0.2) is 4.79 Å². The first-order valence-corrected chi connectivity index (χ1v) is 8.74. The van der Waals surface area contributed by atoms with Gasteiger partial charge in [0.25, 0.3) is 0 Å². The normalized spacial score (nSPS) is 10.9. The maximum Gasteiger partial charge on any atom is 0.341 e. The summed E-state index contributed by atoms with van der Waals surface area (Å²) in [4.78, 5) is 16.3. The van der Waals surface area contributed by atoms with Crippen LogP contribution >= 0.6 is 22.9 Å². The van der Waals surface area contributed by atoms with Gasteiger partial charge in [-0.1, -0.05) is 22.9 Å². The molecule has 0 unspecified atom stereocenters. The van der Waals surface area contributed by atoms with E-state index in [4.69, 9.17) is 31.3 Å². The fourth-order valence-corrected chi connectivity index (χ4v) is 2.91. The molecule has 0 aliphatic carbocycles. The molecule has 140 valence electrons. The van der Waals surface area contributed by atoms with Gasteiger partial charge < -0.3 is 19.7 Å². The van der Waals surface area contributed by atoms with E-state index in [9.17, 15) is 4.79 Å². The minimum absolute atomic E-state index is 0.0550. The number of anilines is 1. The molecule has 3 rings (SSSR count). The third kappa shape index (κ3) is 4.96. The third-order valence-electron chi connectivity index (χ3n) is 3.25. The second-order valence-electron chi connectivity index (χ2n) is 5.09. The number of nitrogens with one attached hydrogen (secondary N) is 1. The van der Waals surface area contributed by atoms with Crippen LogP contribution in [-0.4, -0.2) is 29.5 Å². The molecule has 3 aromatic rings. The average molecular weight is 408 g/mol. The Hall–Kier alpha value is -3.11. The smallest absolute Gasteiger partial charge is 0.341 e. The van der Waals surface area contributed by atoms with E-state index in [1.54, 1.807) is 31.4 Å². The number of methoxy groups -OCH3 is 1. The van der Waals surface area contributed by atoms with Gasteiger partial charge in [-0.05, 0) is 30.3 Å². The molecule has 0 bridgehead atoms. The number of nitrogens with two attached hydrogens (primary N) is 1. The van der Waals surface area contributed by atoms with Crippen LogP contribution in [-0.2, 0) is 16.1 Å². The molecule has 11 heteroatoms. The topological polar surface area (TPSA) is 125 Å². The number of rotatable bonds is 7. The monoisotopic (exact) mass is 407 g/mol. The van der Waals surface area contributed by atoms with Crippen molar-refractivity contribution in [3.63, 3.8) is 0 Å². The number of furan rings is 1. The van der Waals surface area contributed by atoms with Crippen molar-refractivity contribution < 1.29 is 18.8 Å². The highest BCUT2D eigenvalue weighted by Gasteiger charge is 2.10. The van der Waals surface area contributed by atoms with Crippen LogP contribution in [0.3, 0.4) is 0 Å². The van der Waals surface area contributed by atoms with E-state index in [2.05, 4.69) is 20.9 Å². The molecule has 0 radical (unpaired) electrons. The Morgan fingerprint density at radius 2 is 2.26 bits per heavy atom. The van der Waals surface area contributed by atoms with Gasteiger partial charge in [0, 0.05) is 5.56 Å². The summed E-state index contributed by atoms with van der Waals surface area (Å²) in [5.74, 6) is 1.07. The SMILES string of the molecule is COc1ccc(-c2ccc(C=NNOC(=O)Cc3nnc(N)s3)o2)cc1Cl. The zero-order valence-electron chi connectivity index (χ0n) is 14.0. The lowest BCUT2D eigenvalue weighted by molar-refractivity contribution is -0.150. The summed E-state index contributed by atoms with van der Waals surface area (Å²) >= 11 is 7.22. The highest BCUT2D eigenvalue weighted by Crippen LogP contribution is 2.30. The van der Waals surface area contributed by atoms with E-state index >= 15 is 0 Å². The summed E-state index contributed by atoms with van der Waals surface area (Å²) < 4.78 is 10.8. The van der Waals surface area contributed by atoms with E-state index in [0.29, 0.717) is 27.3 Å². The molecule has 9 nitrogen and oxygen atoms in total. The van der Waals surface area contributed by atoms with Gasteiger partial charge in [-0.2, -0.15) is 0 Å². The van der Waals surface area contributed by atoms with Crippen LogP contribution in [0.15, 0.2) is 39.9 Å². The number of hydrogen-bond acceptors (Lipinski definition) is 10. The van der Waals surface area contributed by atoms with E-state index in [-0.39, 0.29) is 11.6 Å². The summed E-state index contributed by atoms with van der Waals surface area (Å²) in [6.07, 6.45) is 1.31. The third-order valence-corrected chi connectivity index (χ3v) is 4.29. The summed E-state index contributed by atoms with van der Waals surface area (Å²) in [5.41, 5.74) is 8.41. The zero-order valence-corrected chi connectivity index (χ0v) is 15.6. The molecule has 0 amide bonds. The molecule has 0 fully saturated rings. The van der Waals surface area contributed by atoms with Gasteiger partial charge in [0.15, 0.2) is 0 Å². The molecule has 1 aromatic carbocycles. The number of ether oxygens (including phenoxy) is 1. The zero-order chi connectivity index (χ0) is 19.2. The van der Waals surface area contributed by atoms with Gasteiger partial charge in [-0.3, -0.25) is 0 Å². The molecule has 2 heterocycles. The lowest BCUT2D eigenvalue weighted by atomic mass is 10.2. The molecular formula is C16H14ClN5O4S. The summed E-state index contributed by atoms with van der Waals surface area (Å²) in [7, 11) is 1.55. The van der Waals surface area contributed by atoms with Crippen molar-refractivity contribution in [2.45, 2.75) is 6.42 Å². The van der Waals surface area contributed by atoms with E-state index in [1.165, 1.54) is 6.21 Å². The first-order chi connectivity index (χ1) is 13.0. The first-order valence-electron chi connectivity index (χ1n) is 7.54. The fraction of sp³-hybridized carbons (Fsp3) is 0.125. The predicted molar refractivity (Wildman–Crippen MR) is 101 cm³/mol. The number of nitrogen functional groups attached to an aromatic ring is 1. The van der Waals surface area contributed by atoms with Gasteiger partial charge in [-0.15, -0.1) is 20.9 Å². The van der Waals surface area contributed by atoms with E-state index in [1.807, 2.05) is 6.07 Å². The molecule has 0 aliphatic rings. The van der Waals surface area contributed by atoms with Crippen LogP contribution in [0, 0.1) is 0 Å². The van der Waals surface area contributed by atoms with Gasteiger partial charge in [0.05, 0.1) is 18.3 Å². The van der Waals surface area contributed by atoms with E-state index in [0.717, 1.165) is 16.9 Å². The van der Waals surface area contributed by atoms with Crippen LogP contribution in [0.1, 0.15) is 10.8 Å². The quantitative estimate of drug-likeness (QED) is 0.452. The van der Waals surface area contributed by atoms with Crippen molar-refractivity contribution in [2.24, 2.45) is 5.10 Å². The van der Waals surface area contributed by atoms with Gasteiger partial charge in [0.1, 0.15) is 28.7 Å². The second-order valence-corrected chi connectivity index (χ2v) is 6.59. The predicted octanol–water partition coefficient (Wildman–Crippen LogP) is 2.67. The largest absolute Gasteiger partial charge is 0.495 e. The van der Waals surface area contributed by atoms with Crippen molar-refractivity contribution in [2.75, 3.05) is 12.8 Å². The van der Waals surface area contributed by atoms with Crippen molar-refractivity contribution >= 4 is 40.3 Å². The minimum Gasteiger partial charge on any atom is -0.495 e. The summed E-state index contributed by atoms with van der Waals surface area (Å²) in [5, 5.41) is 12.3. The number of hydrogen-bond donors (Lipinski definition) is 2. The lowest BCUT2D eigenvalue weighted by Gasteiger charge is -2.04. The molecular weight excluding hydrogens is 394 g/mol. The van der Waals surface area contributed by atoms with Crippen molar-refractivity contribution in [1.29, 1.82) is 0 Å². The minimum atomic E-state index is -0.573. The van der Waals surface area contributed by atoms with Crippen LogP contribution in [0.5, 0.6) is 5.75 Å². The Morgan fingerprint density at radius 1 is 1.41 bits per heavy atom. The van der Waals surface area contributed by atoms with Crippen LogP contribution in [0.25, 0.3) is 11.3 Å². The number of aromatic nitrogens is 2. The highest BCUT2D eigenvalue weighted by atomic mass is 35.5. The summed E-state index contributed by atoms with van der Waals surface area (Å²) in [6, 6.07) is 8.79. The molecule has 0 spiro atoms. The number of carbonyl (C=O) groups excluding carboxylic acids is 1. The second kappa shape index (κ2) is 8.52. The average Bonchev–Trinajstić information content (AvgIpc) is 3.28. The molecule has 27 heavy (non-hydrogen) atoms.